The molecule has 1 N–H and O–H groups in total. The van der Waals surface area contributed by atoms with Gasteiger partial charge in [0.25, 0.3) is 0 Å². The Kier molecular flexibility index (Phi) is 3.15. The highest BCUT2D eigenvalue weighted by molar-refractivity contribution is 5.92. The lowest BCUT2D eigenvalue weighted by Gasteiger charge is -2.07. The number of H-pyrrole nitrogens is 1. The zero-order valence-corrected chi connectivity index (χ0v) is 11.9. The van der Waals surface area contributed by atoms with Gasteiger partial charge >= 0.3 is 0 Å². The van der Waals surface area contributed by atoms with Gasteiger partial charge in [-0.2, -0.15) is 0 Å². The monoisotopic (exact) mass is 262 g/mol. The summed E-state index contributed by atoms with van der Waals surface area (Å²) in [5.74, 6) is 0.440. The van der Waals surface area contributed by atoms with Crippen molar-refractivity contribution in [3.63, 3.8) is 0 Å². The molecule has 0 unspecified atom stereocenters. The molecule has 0 saturated heterocycles. The van der Waals surface area contributed by atoms with E-state index >= 15 is 0 Å². The van der Waals surface area contributed by atoms with Crippen LogP contribution in [0.1, 0.15) is 30.9 Å². The third-order valence-corrected chi connectivity index (χ3v) is 3.60. The van der Waals surface area contributed by atoms with Crippen LogP contribution in [0.15, 0.2) is 49.2 Å². The predicted octanol–water partition coefficient (Wildman–Crippen LogP) is 5.00. The predicted molar refractivity (Wildman–Crippen MR) is 85.7 cm³/mol. The van der Waals surface area contributed by atoms with E-state index in [0.29, 0.717) is 5.92 Å². The van der Waals surface area contributed by atoms with E-state index < -0.39 is 0 Å². The third kappa shape index (κ3) is 2.03. The average molecular weight is 262 g/mol. The molecule has 3 aromatic rings. The van der Waals surface area contributed by atoms with Gasteiger partial charge in [0.2, 0.25) is 0 Å². The zero-order valence-electron chi connectivity index (χ0n) is 11.9. The van der Waals surface area contributed by atoms with E-state index in [4.69, 9.17) is 0 Å². The van der Waals surface area contributed by atoms with Crippen molar-refractivity contribution in [3.05, 3.63) is 60.3 Å². The van der Waals surface area contributed by atoms with Crippen molar-refractivity contribution < 1.29 is 0 Å². The third-order valence-electron chi connectivity index (χ3n) is 3.60. The Bertz CT molecular complexity index is 752. The van der Waals surface area contributed by atoms with E-state index in [0.717, 1.165) is 22.5 Å². The number of hydrogen-bond acceptors (Lipinski definition) is 1. The second-order valence-corrected chi connectivity index (χ2v) is 5.29. The standard InChI is InChI=1S/C18H18N2/c1-4-13-8-9-14-16(11-13)20-18(17(14)12(2)3)15-7-5-6-10-19-15/h4-12,20H,1H2,2-3H3. The second kappa shape index (κ2) is 4.97. The first-order valence-electron chi connectivity index (χ1n) is 6.90. The Labute approximate surface area is 119 Å². The van der Waals surface area contributed by atoms with Crippen LogP contribution in [0.2, 0.25) is 0 Å². The molecular formula is C18H18N2. The molecule has 20 heavy (non-hydrogen) atoms. The number of nitrogens with one attached hydrogen (secondary N) is 1. The van der Waals surface area contributed by atoms with Crippen LogP contribution in [0.5, 0.6) is 0 Å². The molecule has 0 atom stereocenters. The van der Waals surface area contributed by atoms with E-state index in [1.807, 2.05) is 30.5 Å². The fraction of sp³-hybridized carbons (Fsp3) is 0.167. The average Bonchev–Trinajstić information content (AvgIpc) is 2.86. The molecule has 0 aliphatic rings. The summed E-state index contributed by atoms with van der Waals surface area (Å²) < 4.78 is 0. The van der Waals surface area contributed by atoms with Crippen LogP contribution in [0, 0.1) is 0 Å². The van der Waals surface area contributed by atoms with Crippen LogP contribution < -0.4 is 0 Å². The number of pyridine rings is 1. The van der Waals surface area contributed by atoms with Gasteiger partial charge in [-0.05, 0) is 35.2 Å². The second-order valence-electron chi connectivity index (χ2n) is 5.29. The Morgan fingerprint density at radius 3 is 2.70 bits per heavy atom. The van der Waals surface area contributed by atoms with Crippen LogP contribution in [0.4, 0.5) is 0 Å². The first-order chi connectivity index (χ1) is 9.70. The van der Waals surface area contributed by atoms with Crippen molar-refractivity contribution in [2.75, 3.05) is 0 Å². The topological polar surface area (TPSA) is 28.7 Å². The molecule has 0 spiro atoms. The highest BCUT2D eigenvalue weighted by Crippen LogP contribution is 2.35. The molecule has 0 bridgehead atoms. The van der Waals surface area contributed by atoms with Crippen molar-refractivity contribution in [1.29, 1.82) is 0 Å². The van der Waals surface area contributed by atoms with Crippen LogP contribution in [0.3, 0.4) is 0 Å². The molecule has 2 heteroatoms. The molecule has 0 fully saturated rings. The maximum Gasteiger partial charge on any atom is 0.0867 e. The summed E-state index contributed by atoms with van der Waals surface area (Å²) in [4.78, 5) is 8.00. The van der Waals surface area contributed by atoms with Gasteiger partial charge in [-0.15, -0.1) is 0 Å². The summed E-state index contributed by atoms with van der Waals surface area (Å²) in [5, 5.41) is 1.27. The lowest BCUT2D eigenvalue weighted by atomic mass is 9.97. The van der Waals surface area contributed by atoms with Gasteiger partial charge in [0.15, 0.2) is 0 Å². The Morgan fingerprint density at radius 1 is 1.20 bits per heavy atom. The van der Waals surface area contributed by atoms with Gasteiger partial charge in [0.05, 0.1) is 11.4 Å². The summed E-state index contributed by atoms with van der Waals surface area (Å²) in [7, 11) is 0. The Morgan fingerprint density at radius 2 is 2.05 bits per heavy atom. The van der Waals surface area contributed by atoms with Crippen molar-refractivity contribution in [1.82, 2.24) is 9.97 Å². The number of fused-ring (bicyclic) bond motifs is 1. The van der Waals surface area contributed by atoms with Crippen LogP contribution in [-0.4, -0.2) is 9.97 Å². The van der Waals surface area contributed by atoms with Gasteiger partial charge in [0, 0.05) is 17.1 Å². The molecule has 0 aliphatic carbocycles. The molecule has 1 aromatic carbocycles. The van der Waals surface area contributed by atoms with Crippen molar-refractivity contribution >= 4 is 17.0 Å². The summed E-state index contributed by atoms with van der Waals surface area (Å²) in [6, 6.07) is 12.4. The maximum atomic E-state index is 4.48. The summed E-state index contributed by atoms with van der Waals surface area (Å²) >= 11 is 0. The molecule has 2 aromatic heterocycles. The van der Waals surface area contributed by atoms with Crippen LogP contribution in [0.25, 0.3) is 28.4 Å². The first kappa shape index (κ1) is 12.7. The van der Waals surface area contributed by atoms with E-state index in [9.17, 15) is 0 Å². The van der Waals surface area contributed by atoms with Gasteiger partial charge in [-0.25, -0.2) is 0 Å². The molecule has 0 radical (unpaired) electrons. The number of nitrogens with zero attached hydrogens (tertiary/aromatic N) is 1. The highest BCUT2D eigenvalue weighted by Gasteiger charge is 2.16. The number of aromatic nitrogens is 2. The summed E-state index contributed by atoms with van der Waals surface area (Å²) in [5.41, 5.74) is 5.71. The summed E-state index contributed by atoms with van der Waals surface area (Å²) in [6.45, 7) is 8.27. The quantitative estimate of drug-likeness (QED) is 0.707. The number of aromatic amines is 1. The van der Waals surface area contributed by atoms with E-state index in [1.165, 1.54) is 10.9 Å². The van der Waals surface area contributed by atoms with Crippen molar-refractivity contribution in [2.45, 2.75) is 19.8 Å². The fourth-order valence-corrected chi connectivity index (χ4v) is 2.68. The van der Waals surface area contributed by atoms with E-state index in [2.05, 4.69) is 48.6 Å². The van der Waals surface area contributed by atoms with Crippen LogP contribution in [-0.2, 0) is 0 Å². The molecule has 2 nitrogen and oxygen atoms in total. The number of benzene rings is 1. The SMILES string of the molecule is C=Cc1ccc2c(C(C)C)c(-c3ccccn3)[nH]c2c1. The smallest absolute Gasteiger partial charge is 0.0867 e. The summed E-state index contributed by atoms with van der Waals surface area (Å²) in [6.07, 6.45) is 3.70. The largest absolute Gasteiger partial charge is 0.353 e. The number of hydrogen-bond donors (Lipinski definition) is 1. The fourth-order valence-electron chi connectivity index (χ4n) is 2.68. The van der Waals surface area contributed by atoms with Crippen LogP contribution >= 0.6 is 0 Å². The zero-order chi connectivity index (χ0) is 14.1. The van der Waals surface area contributed by atoms with Gasteiger partial charge in [0.1, 0.15) is 0 Å². The molecule has 0 amide bonds. The van der Waals surface area contributed by atoms with E-state index in [1.54, 1.807) is 0 Å². The molecule has 0 aliphatic heterocycles. The molecule has 2 heterocycles. The lowest BCUT2D eigenvalue weighted by molar-refractivity contribution is 0.877. The first-order valence-corrected chi connectivity index (χ1v) is 6.90. The van der Waals surface area contributed by atoms with Crippen molar-refractivity contribution in [2.24, 2.45) is 0 Å². The Balaban J connectivity index is 2.31. The normalized spacial score (nSPS) is 11.2. The van der Waals surface area contributed by atoms with Gasteiger partial charge < -0.3 is 4.98 Å². The molecular weight excluding hydrogens is 244 g/mol. The minimum absolute atomic E-state index is 0.440. The van der Waals surface area contributed by atoms with Gasteiger partial charge in [-0.1, -0.05) is 44.7 Å². The molecule has 0 saturated carbocycles. The molecule has 3 rings (SSSR count). The lowest BCUT2D eigenvalue weighted by Crippen LogP contribution is -1.91. The highest BCUT2D eigenvalue weighted by atomic mass is 14.8. The maximum absolute atomic E-state index is 4.48. The number of rotatable bonds is 3. The minimum atomic E-state index is 0.440. The Hall–Kier alpha value is -2.35. The van der Waals surface area contributed by atoms with Crippen molar-refractivity contribution in [3.8, 4) is 11.4 Å². The molecule has 100 valence electrons. The minimum Gasteiger partial charge on any atom is -0.353 e. The van der Waals surface area contributed by atoms with Gasteiger partial charge in [-0.3, -0.25) is 4.98 Å². The van der Waals surface area contributed by atoms with E-state index in [-0.39, 0.29) is 0 Å².